The van der Waals surface area contributed by atoms with Crippen LogP contribution in [0.4, 0.5) is 0 Å². The zero-order chi connectivity index (χ0) is 25.4. The Morgan fingerprint density at radius 1 is 1.05 bits per heavy atom. The average molecular weight is 517 g/mol. The van der Waals surface area contributed by atoms with Gasteiger partial charge in [0.15, 0.2) is 0 Å². The van der Waals surface area contributed by atoms with Crippen LogP contribution in [0.2, 0.25) is 5.02 Å². The lowest BCUT2D eigenvalue weighted by Gasteiger charge is -2.28. The Morgan fingerprint density at radius 3 is 2.62 bits per heavy atom. The summed E-state index contributed by atoms with van der Waals surface area (Å²) in [6, 6.07) is 18.4. The molecule has 0 bridgehead atoms. The number of amides is 1. The fourth-order valence-corrected chi connectivity index (χ4v) is 5.24. The Labute approximate surface area is 218 Å². The molecule has 1 fully saturated rings. The van der Waals surface area contributed by atoms with Crippen molar-refractivity contribution in [1.29, 1.82) is 0 Å². The Bertz CT molecular complexity index is 1530. The number of nitrogens with one attached hydrogen (secondary N) is 1. The number of ether oxygens (including phenoxy) is 1. The molecule has 0 saturated carbocycles. The van der Waals surface area contributed by atoms with Crippen molar-refractivity contribution in [2.45, 2.75) is 12.5 Å². The summed E-state index contributed by atoms with van der Waals surface area (Å²) < 4.78 is 11.1. The van der Waals surface area contributed by atoms with E-state index in [1.807, 2.05) is 42.5 Å². The normalized spacial score (nSPS) is 18.4. The van der Waals surface area contributed by atoms with E-state index in [-0.39, 0.29) is 18.0 Å². The van der Waals surface area contributed by atoms with Crippen LogP contribution in [0, 0.1) is 0 Å². The molecular weight excluding hydrogens is 492 g/mol. The van der Waals surface area contributed by atoms with Gasteiger partial charge in [-0.25, -0.2) is 5.01 Å². The first kappa shape index (κ1) is 23.7. The molecule has 8 nitrogen and oxygen atoms in total. The monoisotopic (exact) mass is 516 g/mol. The van der Waals surface area contributed by atoms with Crippen LogP contribution in [0.1, 0.15) is 23.8 Å². The van der Waals surface area contributed by atoms with Gasteiger partial charge in [0.2, 0.25) is 0 Å². The first-order valence-corrected chi connectivity index (χ1v) is 12.6. The molecule has 0 aliphatic carbocycles. The number of carbonyl (C=O) groups is 1. The minimum atomic E-state index is -0.442. The fourth-order valence-electron chi connectivity index (χ4n) is 5.07. The van der Waals surface area contributed by atoms with E-state index in [2.05, 4.69) is 9.88 Å². The van der Waals surface area contributed by atoms with Crippen LogP contribution in [0.15, 0.2) is 81.2 Å². The number of nitrogens with zero attached hydrogens (tertiary/aromatic N) is 3. The summed E-state index contributed by atoms with van der Waals surface area (Å²) in [7, 11) is 0. The van der Waals surface area contributed by atoms with Crippen molar-refractivity contribution in [1.82, 2.24) is 14.9 Å². The molecule has 2 aliphatic heterocycles. The highest BCUT2D eigenvalue weighted by Crippen LogP contribution is 2.37. The number of furan rings is 1. The molecule has 1 atom stereocenters. The molecule has 9 heteroatoms. The van der Waals surface area contributed by atoms with Gasteiger partial charge in [0, 0.05) is 35.5 Å². The number of benzene rings is 2. The molecule has 4 aromatic rings. The van der Waals surface area contributed by atoms with Gasteiger partial charge in [-0.3, -0.25) is 14.5 Å². The summed E-state index contributed by atoms with van der Waals surface area (Å²) in [5.41, 5.74) is 2.98. The predicted octanol–water partition coefficient (Wildman–Crippen LogP) is 4.45. The number of H-pyrrole nitrogens is 1. The van der Waals surface area contributed by atoms with E-state index in [0.29, 0.717) is 60.3 Å². The van der Waals surface area contributed by atoms with Crippen LogP contribution < -0.4 is 5.56 Å². The Kier molecular flexibility index (Phi) is 6.38. The number of hydrazone groups is 1. The molecule has 0 spiro atoms. The molecule has 1 N–H and O–H groups in total. The maximum Gasteiger partial charge on any atom is 0.258 e. The zero-order valence-corrected chi connectivity index (χ0v) is 20.8. The number of morpholine rings is 1. The Hall–Kier alpha value is -3.72. The molecule has 37 heavy (non-hydrogen) atoms. The van der Waals surface area contributed by atoms with E-state index >= 15 is 0 Å². The molecule has 4 heterocycles. The Balaban J connectivity index is 1.48. The van der Waals surface area contributed by atoms with Gasteiger partial charge in [-0.15, -0.1) is 0 Å². The molecule has 1 amide bonds. The van der Waals surface area contributed by atoms with Gasteiger partial charge >= 0.3 is 0 Å². The number of hydrogen-bond acceptors (Lipinski definition) is 6. The number of carbonyl (C=O) groups excluding carboxylic acids is 1. The van der Waals surface area contributed by atoms with Crippen LogP contribution in [0.25, 0.3) is 22.0 Å². The number of aromatic nitrogens is 1. The molecule has 6 rings (SSSR count). The third kappa shape index (κ3) is 4.59. The molecule has 0 radical (unpaired) electrons. The van der Waals surface area contributed by atoms with Gasteiger partial charge in [0.25, 0.3) is 11.5 Å². The average Bonchev–Trinajstić information content (AvgIpc) is 3.59. The lowest BCUT2D eigenvalue weighted by Crippen LogP contribution is -2.43. The van der Waals surface area contributed by atoms with Crippen molar-refractivity contribution < 1.29 is 13.9 Å². The highest BCUT2D eigenvalue weighted by Gasteiger charge is 2.37. The quantitative estimate of drug-likeness (QED) is 0.423. The van der Waals surface area contributed by atoms with E-state index in [0.717, 1.165) is 16.5 Å². The standard InChI is InChI=1S/C28H25ClN4O4/c29-19-8-9-20-21(15-19)30-28(35)27(26(20)18-5-2-1-3-6-18)22-16-23(24-7-4-12-37-24)33(31-22)25(34)17-32-10-13-36-14-11-32/h1-9,12,15,23H,10-11,13-14,16-17H2,(H,30,35)/t23-/m0/s1. The summed E-state index contributed by atoms with van der Waals surface area (Å²) in [6.45, 7) is 2.79. The van der Waals surface area contributed by atoms with E-state index in [9.17, 15) is 9.59 Å². The lowest BCUT2D eigenvalue weighted by atomic mass is 9.92. The van der Waals surface area contributed by atoms with Crippen molar-refractivity contribution >= 4 is 34.1 Å². The van der Waals surface area contributed by atoms with Gasteiger partial charge in [0.05, 0.1) is 42.8 Å². The van der Waals surface area contributed by atoms with E-state index in [1.54, 1.807) is 24.5 Å². The van der Waals surface area contributed by atoms with Crippen molar-refractivity contribution in [2.75, 3.05) is 32.8 Å². The summed E-state index contributed by atoms with van der Waals surface area (Å²) in [4.78, 5) is 32.1. The highest BCUT2D eigenvalue weighted by atomic mass is 35.5. The summed E-state index contributed by atoms with van der Waals surface area (Å²) >= 11 is 6.23. The first-order chi connectivity index (χ1) is 18.1. The maximum absolute atomic E-state index is 13.6. The van der Waals surface area contributed by atoms with Crippen LogP contribution in [-0.2, 0) is 9.53 Å². The third-order valence-electron chi connectivity index (χ3n) is 6.83. The summed E-state index contributed by atoms with van der Waals surface area (Å²) in [5.74, 6) is 0.475. The van der Waals surface area contributed by atoms with Crippen LogP contribution in [0.5, 0.6) is 0 Å². The molecule has 0 unspecified atom stereocenters. The van der Waals surface area contributed by atoms with Crippen LogP contribution in [0.3, 0.4) is 0 Å². The number of halogens is 1. The predicted molar refractivity (Wildman–Crippen MR) is 142 cm³/mol. The van der Waals surface area contributed by atoms with Gasteiger partial charge in [-0.2, -0.15) is 5.10 Å². The van der Waals surface area contributed by atoms with Gasteiger partial charge in [-0.1, -0.05) is 48.0 Å². The highest BCUT2D eigenvalue weighted by molar-refractivity contribution is 6.31. The van der Waals surface area contributed by atoms with Crippen LogP contribution in [-0.4, -0.2) is 59.4 Å². The number of fused-ring (bicyclic) bond motifs is 1. The molecule has 2 aliphatic rings. The van der Waals surface area contributed by atoms with E-state index in [1.165, 1.54) is 5.01 Å². The van der Waals surface area contributed by atoms with Crippen LogP contribution >= 0.6 is 11.6 Å². The largest absolute Gasteiger partial charge is 0.467 e. The van der Waals surface area contributed by atoms with E-state index in [4.69, 9.17) is 25.9 Å². The van der Waals surface area contributed by atoms with Crippen molar-refractivity contribution in [3.8, 4) is 11.1 Å². The number of hydrogen-bond donors (Lipinski definition) is 1. The number of rotatable bonds is 5. The summed E-state index contributed by atoms with van der Waals surface area (Å²) in [6.07, 6.45) is 1.93. The van der Waals surface area contributed by atoms with Gasteiger partial charge in [0.1, 0.15) is 11.8 Å². The van der Waals surface area contributed by atoms with Crippen molar-refractivity contribution in [3.05, 3.63) is 93.6 Å². The second kappa shape index (κ2) is 9.97. The number of aromatic amines is 1. The minimum absolute atomic E-state index is 0.149. The minimum Gasteiger partial charge on any atom is -0.467 e. The molecule has 2 aromatic carbocycles. The Morgan fingerprint density at radius 2 is 1.86 bits per heavy atom. The smallest absolute Gasteiger partial charge is 0.258 e. The molecule has 2 aromatic heterocycles. The zero-order valence-electron chi connectivity index (χ0n) is 20.0. The van der Waals surface area contributed by atoms with Gasteiger partial charge in [-0.05, 0) is 29.8 Å². The fraction of sp³-hybridized carbons (Fsp3) is 0.250. The maximum atomic E-state index is 13.6. The lowest BCUT2D eigenvalue weighted by molar-refractivity contribution is -0.135. The van der Waals surface area contributed by atoms with Crippen molar-refractivity contribution in [3.63, 3.8) is 0 Å². The molecule has 188 valence electrons. The second-order valence-corrected chi connectivity index (χ2v) is 9.61. The second-order valence-electron chi connectivity index (χ2n) is 9.17. The summed E-state index contributed by atoms with van der Waals surface area (Å²) in [5, 5.41) is 7.63. The third-order valence-corrected chi connectivity index (χ3v) is 7.06. The number of pyridine rings is 1. The SMILES string of the molecule is O=C(CN1CCOCC1)N1N=C(c2c(-c3ccccc3)c3ccc(Cl)cc3[nH]c2=O)C[C@H]1c1ccco1. The molecular formula is C28H25ClN4O4. The van der Waals surface area contributed by atoms with Crippen molar-refractivity contribution in [2.24, 2.45) is 5.10 Å². The molecule has 1 saturated heterocycles. The first-order valence-electron chi connectivity index (χ1n) is 12.2. The van der Waals surface area contributed by atoms with E-state index < -0.39 is 6.04 Å². The topological polar surface area (TPSA) is 91.1 Å². The van der Waals surface area contributed by atoms with Gasteiger partial charge < -0.3 is 14.1 Å².